The summed E-state index contributed by atoms with van der Waals surface area (Å²) in [6.45, 7) is 1.37. The van der Waals surface area contributed by atoms with E-state index in [4.69, 9.17) is 4.74 Å². The van der Waals surface area contributed by atoms with Crippen LogP contribution in [-0.4, -0.2) is 34.7 Å². The van der Waals surface area contributed by atoms with Crippen molar-refractivity contribution in [2.24, 2.45) is 0 Å². The highest BCUT2D eigenvalue weighted by molar-refractivity contribution is 5.87. The number of carboxylic acids is 1. The molecule has 1 aromatic rings. The molecule has 1 fully saturated rings. The molecule has 0 radical (unpaired) electrons. The molecular weight excluding hydrogens is 270 g/mol. The summed E-state index contributed by atoms with van der Waals surface area (Å²) >= 11 is 0. The number of rotatable bonds is 3. The molecule has 2 N–H and O–H groups in total. The Morgan fingerprint density at radius 3 is 2.71 bits per heavy atom. The highest BCUT2D eigenvalue weighted by Crippen LogP contribution is 2.39. The van der Waals surface area contributed by atoms with Gasteiger partial charge in [0.05, 0.1) is 5.69 Å². The van der Waals surface area contributed by atoms with Crippen molar-refractivity contribution in [2.45, 2.75) is 50.7 Å². The summed E-state index contributed by atoms with van der Waals surface area (Å²) < 4.78 is 5.75. The zero-order chi connectivity index (χ0) is 14.9. The molecule has 6 nitrogen and oxygen atoms in total. The predicted octanol–water partition coefficient (Wildman–Crippen LogP) is 1.63. The number of aromatic nitrogens is 2. The Labute approximate surface area is 123 Å². The number of nitrogens with zero attached hydrogens (tertiary/aromatic N) is 2. The van der Waals surface area contributed by atoms with Crippen molar-refractivity contribution in [3.05, 3.63) is 22.8 Å². The lowest BCUT2D eigenvalue weighted by atomic mass is 9.83. The summed E-state index contributed by atoms with van der Waals surface area (Å²) in [5.74, 6) is -0.427. The van der Waals surface area contributed by atoms with Gasteiger partial charge in [-0.1, -0.05) is 19.3 Å². The van der Waals surface area contributed by atoms with Crippen LogP contribution in [0.5, 0.6) is 0 Å². The van der Waals surface area contributed by atoms with Crippen LogP contribution in [0.2, 0.25) is 0 Å². The molecular formula is C15H21N3O3. The lowest BCUT2D eigenvalue weighted by Crippen LogP contribution is -2.36. The molecule has 1 aromatic heterocycles. The Hall–Kier alpha value is -1.53. The van der Waals surface area contributed by atoms with Crippen LogP contribution in [0.3, 0.4) is 0 Å². The molecule has 3 rings (SSSR count). The van der Waals surface area contributed by atoms with Gasteiger partial charge < -0.3 is 15.2 Å². The monoisotopic (exact) mass is 291 g/mol. The fourth-order valence-electron chi connectivity index (χ4n) is 3.38. The maximum absolute atomic E-state index is 11.5. The third-order valence-electron chi connectivity index (χ3n) is 4.60. The van der Waals surface area contributed by atoms with E-state index in [1.54, 1.807) is 7.11 Å². The number of carboxylic acid groups (broad SMARTS) is 1. The fraction of sp³-hybridized carbons (Fsp3) is 0.667. The maximum atomic E-state index is 11.5. The lowest BCUT2D eigenvalue weighted by Gasteiger charge is -2.35. The number of aromatic carboxylic acids is 1. The summed E-state index contributed by atoms with van der Waals surface area (Å²) in [6, 6.07) is 0. The molecule has 0 spiro atoms. The maximum Gasteiger partial charge on any atom is 0.354 e. The molecule has 21 heavy (non-hydrogen) atoms. The van der Waals surface area contributed by atoms with E-state index in [2.05, 4.69) is 15.3 Å². The van der Waals surface area contributed by atoms with Gasteiger partial charge in [0.15, 0.2) is 11.5 Å². The van der Waals surface area contributed by atoms with Crippen LogP contribution in [-0.2, 0) is 23.3 Å². The van der Waals surface area contributed by atoms with E-state index in [0.717, 1.165) is 43.5 Å². The van der Waals surface area contributed by atoms with Gasteiger partial charge in [0.2, 0.25) is 0 Å². The second-order valence-electron chi connectivity index (χ2n) is 5.81. The van der Waals surface area contributed by atoms with Crippen LogP contribution in [0.1, 0.15) is 59.7 Å². The number of hydrogen-bond donors (Lipinski definition) is 2. The number of ether oxygens (including phenoxy) is 1. The Morgan fingerprint density at radius 2 is 2.05 bits per heavy atom. The molecule has 0 bridgehead atoms. The first-order valence-corrected chi connectivity index (χ1v) is 7.56. The molecule has 1 aliphatic heterocycles. The highest BCUT2D eigenvalue weighted by Gasteiger charge is 2.38. The highest BCUT2D eigenvalue weighted by atomic mass is 16.5. The largest absolute Gasteiger partial charge is 0.477 e. The van der Waals surface area contributed by atoms with E-state index in [1.807, 2.05) is 0 Å². The SMILES string of the molecule is COC1(c2nc3c(c(C(=O)O)n2)CCNC3)CCCCC1. The van der Waals surface area contributed by atoms with Gasteiger partial charge in [-0.15, -0.1) is 0 Å². The first kappa shape index (κ1) is 14.4. The molecule has 114 valence electrons. The van der Waals surface area contributed by atoms with Crippen LogP contribution in [0.25, 0.3) is 0 Å². The van der Waals surface area contributed by atoms with Gasteiger partial charge in [-0.25, -0.2) is 14.8 Å². The molecule has 0 saturated heterocycles. The van der Waals surface area contributed by atoms with Crippen molar-refractivity contribution in [1.82, 2.24) is 15.3 Å². The van der Waals surface area contributed by atoms with Gasteiger partial charge in [0.1, 0.15) is 5.60 Å². The lowest BCUT2D eigenvalue weighted by molar-refractivity contribution is -0.0518. The van der Waals surface area contributed by atoms with E-state index in [1.165, 1.54) is 6.42 Å². The second kappa shape index (κ2) is 5.69. The topological polar surface area (TPSA) is 84.3 Å². The second-order valence-corrected chi connectivity index (χ2v) is 5.81. The molecule has 6 heteroatoms. The fourth-order valence-corrected chi connectivity index (χ4v) is 3.38. The molecule has 2 heterocycles. The van der Waals surface area contributed by atoms with Gasteiger partial charge >= 0.3 is 5.97 Å². The van der Waals surface area contributed by atoms with Crippen LogP contribution >= 0.6 is 0 Å². The quantitative estimate of drug-likeness (QED) is 0.880. The van der Waals surface area contributed by atoms with Crippen LogP contribution in [0.4, 0.5) is 0 Å². The summed E-state index contributed by atoms with van der Waals surface area (Å²) in [5.41, 5.74) is 1.21. The standard InChI is InChI=1S/C15H21N3O3/c1-21-15(6-3-2-4-7-15)14-17-11-9-16-8-5-10(11)12(18-14)13(19)20/h16H,2-9H2,1H3,(H,19,20). The Kier molecular flexibility index (Phi) is 3.91. The minimum Gasteiger partial charge on any atom is -0.477 e. The normalized spacial score (nSPS) is 20.8. The zero-order valence-corrected chi connectivity index (χ0v) is 12.3. The van der Waals surface area contributed by atoms with E-state index < -0.39 is 11.6 Å². The molecule has 1 aliphatic carbocycles. The first-order valence-electron chi connectivity index (χ1n) is 7.56. The number of carbonyl (C=O) groups is 1. The smallest absolute Gasteiger partial charge is 0.354 e. The van der Waals surface area contributed by atoms with Crippen molar-refractivity contribution in [3.63, 3.8) is 0 Å². The average Bonchev–Trinajstić information content (AvgIpc) is 2.54. The van der Waals surface area contributed by atoms with Gasteiger partial charge in [-0.2, -0.15) is 0 Å². The van der Waals surface area contributed by atoms with E-state index in [-0.39, 0.29) is 5.69 Å². The molecule has 0 unspecified atom stereocenters. The summed E-state index contributed by atoms with van der Waals surface area (Å²) in [6.07, 6.45) is 5.69. The Bertz CT molecular complexity index is 553. The van der Waals surface area contributed by atoms with Crippen LogP contribution < -0.4 is 5.32 Å². The molecule has 0 amide bonds. The van der Waals surface area contributed by atoms with Crippen LogP contribution in [0.15, 0.2) is 0 Å². The third kappa shape index (κ3) is 2.53. The van der Waals surface area contributed by atoms with Crippen molar-refractivity contribution >= 4 is 5.97 Å². The first-order chi connectivity index (χ1) is 10.2. The predicted molar refractivity (Wildman–Crippen MR) is 76.2 cm³/mol. The van der Waals surface area contributed by atoms with E-state index in [9.17, 15) is 9.90 Å². The summed E-state index contributed by atoms with van der Waals surface area (Å²) in [5, 5.41) is 12.7. The molecule has 2 aliphatic rings. The third-order valence-corrected chi connectivity index (χ3v) is 4.60. The Morgan fingerprint density at radius 1 is 1.29 bits per heavy atom. The minimum absolute atomic E-state index is 0.151. The van der Waals surface area contributed by atoms with Crippen molar-refractivity contribution < 1.29 is 14.6 Å². The summed E-state index contributed by atoms with van der Waals surface area (Å²) in [4.78, 5) is 20.6. The number of hydrogen-bond acceptors (Lipinski definition) is 5. The van der Waals surface area contributed by atoms with Crippen molar-refractivity contribution in [1.29, 1.82) is 0 Å². The molecule has 0 atom stereocenters. The van der Waals surface area contributed by atoms with Crippen LogP contribution in [0, 0.1) is 0 Å². The van der Waals surface area contributed by atoms with Gasteiger partial charge in [-0.3, -0.25) is 0 Å². The Balaban J connectivity index is 2.10. The van der Waals surface area contributed by atoms with Crippen molar-refractivity contribution in [3.8, 4) is 0 Å². The minimum atomic E-state index is -0.973. The number of methoxy groups -OCH3 is 1. The number of nitrogens with one attached hydrogen (secondary N) is 1. The van der Waals surface area contributed by atoms with Gasteiger partial charge in [0.25, 0.3) is 0 Å². The zero-order valence-electron chi connectivity index (χ0n) is 12.3. The van der Waals surface area contributed by atoms with Crippen molar-refractivity contribution in [2.75, 3.05) is 13.7 Å². The van der Waals surface area contributed by atoms with Gasteiger partial charge in [0, 0.05) is 19.2 Å². The molecule has 0 aromatic carbocycles. The number of fused-ring (bicyclic) bond motifs is 1. The van der Waals surface area contributed by atoms with Gasteiger partial charge in [-0.05, 0) is 25.8 Å². The average molecular weight is 291 g/mol. The molecule has 1 saturated carbocycles. The van der Waals surface area contributed by atoms with E-state index in [0.29, 0.717) is 18.8 Å². The summed E-state index contributed by atoms with van der Waals surface area (Å²) in [7, 11) is 1.67. The van der Waals surface area contributed by atoms with E-state index >= 15 is 0 Å².